The van der Waals surface area contributed by atoms with Crippen LogP contribution in [-0.2, 0) is 33.7 Å². The number of methoxy groups -OCH3 is 1. The number of aryl methyl sites for hydroxylation is 1. The van der Waals surface area contributed by atoms with Crippen LogP contribution < -0.4 is 0 Å². The van der Waals surface area contributed by atoms with Crippen LogP contribution in [0, 0.1) is 0 Å². The van der Waals surface area contributed by atoms with Gasteiger partial charge < -0.3 is 9.47 Å². The van der Waals surface area contributed by atoms with E-state index >= 15 is 0 Å². The lowest BCUT2D eigenvalue weighted by atomic mass is 9.95. The summed E-state index contributed by atoms with van der Waals surface area (Å²) >= 11 is 6.26. The molecule has 0 saturated carbocycles. The normalized spacial score (nSPS) is 11.2. The number of halogens is 1. The largest absolute Gasteiger partial charge is 0.466 e. The van der Waals surface area contributed by atoms with E-state index in [2.05, 4.69) is 24.0 Å². The van der Waals surface area contributed by atoms with Crippen molar-refractivity contribution in [1.29, 1.82) is 0 Å². The van der Waals surface area contributed by atoms with Crippen LogP contribution in [0.1, 0.15) is 50.1 Å². The van der Waals surface area contributed by atoms with E-state index in [1.165, 1.54) is 0 Å². The fourth-order valence-electron chi connectivity index (χ4n) is 3.72. The number of hydrogen-bond donors (Lipinski definition) is 0. The van der Waals surface area contributed by atoms with E-state index in [1.54, 1.807) is 13.3 Å². The molecule has 0 bridgehead atoms. The van der Waals surface area contributed by atoms with E-state index in [4.69, 9.17) is 26.2 Å². The maximum Gasteiger partial charge on any atom is 0.305 e. The van der Waals surface area contributed by atoms with Gasteiger partial charge in [0.1, 0.15) is 0 Å². The van der Waals surface area contributed by atoms with Crippen LogP contribution in [0.2, 0.25) is 5.02 Å². The second-order valence-corrected chi connectivity index (χ2v) is 7.55. The quantitative estimate of drug-likeness (QED) is 0.334. The van der Waals surface area contributed by atoms with Gasteiger partial charge in [-0.2, -0.15) is 5.10 Å². The molecule has 0 unspecified atom stereocenters. The zero-order chi connectivity index (χ0) is 21.5. The number of aromatic nitrogens is 3. The Labute approximate surface area is 182 Å². The molecule has 30 heavy (non-hydrogen) atoms. The molecule has 0 fully saturated rings. The van der Waals surface area contributed by atoms with Crippen LogP contribution in [0.25, 0.3) is 16.6 Å². The highest BCUT2D eigenvalue weighted by Crippen LogP contribution is 2.33. The summed E-state index contributed by atoms with van der Waals surface area (Å²) in [6.45, 7) is 4.76. The van der Waals surface area contributed by atoms with E-state index in [1.807, 2.05) is 23.7 Å². The summed E-state index contributed by atoms with van der Waals surface area (Å²) in [5.41, 5.74) is 6.18. The Morgan fingerprint density at radius 1 is 1.20 bits per heavy atom. The summed E-state index contributed by atoms with van der Waals surface area (Å²) in [4.78, 5) is 16.0. The molecule has 160 valence electrons. The molecule has 3 rings (SSSR count). The summed E-state index contributed by atoms with van der Waals surface area (Å²) in [5, 5.41) is 5.48. The molecule has 0 spiro atoms. The molecule has 0 saturated heterocycles. The van der Waals surface area contributed by atoms with E-state index in [-0.39, 0.29) is 5.97 Å². The van der Waals surface area contributed by atoms with Gasteiger partial charge in [0.05, 0.1) is 29.4 Å². The zero-order valence-corrected chi connectivity index (χ0v) is 18.5. The number of pyridine rings is 1. The first-order chi connectivity index (χ1) is 14.6. The number of fused-ring (bicyclic) bond motifs is 1. The smallest absolute Gasteiger partial charge is 0.305 e. The summed E-state index contributed by atoms with van der Waals surface area (Å²) in [6, 6.07) is 6.13. The molecule has 0 aliphatic rings. The number of carbonyl (C=O) groups is 1. The highest BCUT2D eigenvalue weighted by atomic mass is 35.5. The van der Waals surface area contributed by atoms with Crippen molar-refractivity contribution in [3.8, 4) is 11.1 Å². The first-order valence-electron chi connectivity index (χ1n) is 10.4. The molecule has 0 aliphatic heterocycles. The third kappa shape index (κ3) is 4.99. The zero-order valence-electron chi connectivity index (χ0n) is 17.8. The fourth-order valence-corrected chi connectivity index (χ4v) is 3.90. The molecule has 0 aromatic carbocycles. The van der Waals surface area contributed by atoms with E-state index in [0.717, 1.165) is 59.3 Å². The summed E-state index contributed by atoms with van der Waals surface area (Å²) in [7, 11) is 1.67. The lowest BCUT2D eigenvalue weighted by Gasteiger charge is -2.17. The number of rotatable bonds is 10. The van der Waals surface area contributed by atoms with Crippen molar-refractivity contribution in [3.63, 3.8) is 0 Å². The Hall–Kier alpha value is -2.44. The van der Waals surface area contributed by atoms with Gasteiger partial charge in [0.15, 0.2) is 0 Å². The highest BCUT2D eigenvalue weighted by Gasteiger charge is 2.19. The van der Waals surface area contributed by atoms with Gasteiger partial charge in [-0.3, -0.25) is 9.78 Å². The van der Waals surface area contributed by atoms with Crippen molar-refractivity contribution in [1.82, 2.24) is 14.6 Å². The third-order valence-electron chi connectivity index (χ3n) is 5.06. The second kappa shape index (κ2) is 10.5. The first kappa shape index (κ1) is 22.2. The molecule has 0 N–H and O–H groups in total. The first-order valence-corrected chi connectivity index (χ1v) is 10.7. The van der Waals surface area contributed by atoms with Gasteiger partial charge in [0.25, 0.3) is 0 Å². The molecule has 3 heterocycles. The van der Waals surface area contributed by atoms with E-state index < -0.39 is 0 Å². The molecule has 0 amide bonds. The number of ether oxygens (including phenoxy) is 2. The fraction of sp³-hybridized carbons (Fsp3) is 0.435. The van der Waals surface area contributed by atoms with Crippen LogP contribution in [0.15, 0.2) is 30.6 Å². The maximum atomic E-state index is 11.7. The lowest BCUT2D eigenvalue weighted by Crippen LogP contribution is -2.10. The van der Waals surface area contributed by atoms with Gasteiger partial charge in [-0.1, -0.05) is 18.5 Å². The summed E-state index contributed by atoms with van der Waals surface area (Å²) < 4.78 is 12.5. The van der Waals surface area contributed by atoms with Crippen molar-refractivity contribution in [2.45, 2.75) is 52.6 Å². The predicted molar refractivity (Wildman–Crippen MR) is 118 cm³/mol. The van der Waals surface area contributed by atoms with Crippen LogP contribution in [0.5, 0.6) is 0 Å². The Kier molecular flexibility index (Phi) is 7.82. The Balaban J connectivity index is 2.04. The average Bonchev–Trinajstić information content (AvgIpc) is 3.14. The summed E-state index contributed by atoms with van der Waals surface area (Å²) in [6.07, 6.45) is 7.13. The van der Waals surface area contributed by atoms with Gasteiger partial charge in [-0.25, -0.2) is 4.52 Å². The standard InChI is InChI=1S/C23H28ClN3O3/c1-4-18-10-11-21-23(16-12-17(24)14-25-13-16)19(20(15-29-3)26-27(18)21)8-6-7-9-22(28)30-5-2/h10-14H,4-9,15H2,1-3H3. The van der Waals surface area contributed by atoms with Gasteiger partial charge in [0, 0.05) is 42.7 Å². The van der Waals surface area contributed by atoms with Gasteiger partial charge in [-0.05, 0) is 56.4 Å². The SMILES string of the molecule is CCOC(=O)CCCCc1c(COC)nn2c(CC)ccc2c1-c1cncc(Cl)c1. The summed E-state index contributed by atoms with van der Waals surface area (Å²) in [5.74, 6) is -0.151. The Bertz CT molecular complexity index is 1020. The number of esters is 1. The van der Waals surface area contributed by atoms with Crippen molar-refractivity contribution in [2.24, 2.45) is 0 Å². The highest BCUT2D eigenvalue weighted by molar-refractivity contribution is 6.30. The molecular weight excluding hydrogens is 402 g/mol. The van der Waals surface area contributed by atoms with Crippen LogP contribution in [-0.4, -0.2) is 34.3 Å². The number of hydrogen-bond acceptors (Lipinski definition) is 5. The van der Waals surface area contributed by atoms with Crippen LogP contribution in [0.3, 0.4) is 0 Å². The van der Waals surface area contributed by atoms with Crippen molar-refractivity contribution in [3.05, 3.63) is 52.6 Å². The van der Waals surface area contributed by atoms with Crippen LogP contribution in [0.4, 0.5) is 0 Å². The Morgan fingerprint density at radius 3 is 2.73 bits per heavy atom. The Morgan fingerprint density at radius 2 is 2.03 bits per heavy atom. The molecular formula is C23H28ClN3O3. The molecule has 6 nitrogen and oxygen atoms in total. The predicted octanol–water partition coefficient (Wildman–Crippen LogP) is 5.03. The van der Waals surface area contributed by atoms with Crippen molar-refractivity contribution >= 4 is 23.1 Å². The van der Waals surface area contributed by atoms with Gasteiger partial charge >= 0.3 is 5.97 Å². The number of nitrogens with zero attached hydrogens (tertiary/aromatic N) is 3. The minimum absolute atomic E-state index is 0.151. The van der Waals surface area contributed by atoms with Crippen molar-refractivity contribution in [2.75, 3.05) is 13.7 Å². The van der Waals surface area contributed by atoms with Crippen LogP contribution >= 0.6 is 11.6 Å². The van der Waals surface area contributed by atoms with Gasteiger partial charge in [0.2, 0.25) is 0 Å². The maximum absolute atomic E-state index is 11.7. The molecule has 0 aliphatic carbocycles. The lowest BCUT2D eigenvalue weighted by molar-refractivity contribution is -0.143. The monoisotopic (exact) mass is 429 g/mol. The molecule has 0 atom stereocenters. The number of carbonyl (C=O) groups excluding carboxylic acids is 1. The average molecular weight is 430 g/mol. The molecule has 0 radical (unpaired) electrons. The molecule has 3 aromatic rings. The van der Waals surface area contributed by atoms with E-state index in [0.29, 0.717) is 24.7 Å². The van der Waals surface area contributed by atoms with E-state index in [9.17, 15) is 4.79 Å². The van der Waals surface area contributed by atoms with Crippen molar-refractivity contribution < 1.29 is 14.3 Å². The van der Waals surface area contributed by atoms with Gasteiger partial charge in [-0.15, -0.1) is 0 Å². The minimum atomic E-state index is -0.151. The minimum Gasteiger partial charge on any atom is -0.466 e. The second-order valence-electron chi connectivity index (χ2n) is 7.11. The topological polar surface area (TPSA) is 65.7 Å². The molecule has 7 heteroatoms. The number of unbranched alkanes of at least 4 members (excludes halogenated alkanes) is 1. The molecule has 3 aromatic heterocycles. The third-order valence-corrected chi connectivity index (χ3v) is 5.27.